The van der Waals surface area contributed by atoms with Crippen LogP contribution in [0.5, 0.6) is 11.5 Å². The molecule has 0 spiro atoms. The topological polar surface area (TPSA) is 60.4 Å². The highest BCUT2D eigenvalue weighted by molar-refractivity contribution is 8.18. The Hall–Kier alpha value is -1.99. The summed E-state index contributed by atoms with van der Waals surface area (Å²) >= 11 is 1.41. The van der Waals surface area contributed by atoms with Gasteiger partial charge in [-0.2, -0.15) is 4.99 Å². The predicted octanol–water partition coefficient (Wildman–Crippen LogP) is 2.79. The molecule has 2 aliphatic heterocycles. The van der Waals surface area contributed by atoms with Crippen LogP contribution < -0.4 is 9.47 Å². The quantitative estimate of drug-likeness (QED) is 0.751. The number of rotatable bonds is 5. The number of hydrogen-bond donors (Lipinski definition) is 0. The molecule has 2 aliphatic rings. The van der Waals surface area contributed by atoms with Gasteiger partial charge in [0.05, 0.1) is 31.3 Å². The summed E-state index contributed by atoms with van der Waals surface area (Å²) < 4.78 is 16.6. The molecule has 2 heterocycles. The van der Waals surface area contributed by atoms with Crippen LogP contribution in [0.2, 0.25) is 0 Å². The van der Waals surface area contributed by atoms with Crippen LogP contribution in [-0.2, 0) is 9.53 Å². The molecule has 0 aromatic heterocycles. The number of morpholine rings is 1. The Bertz CT molecular complexity index is 696. The van der Waals surface area contributed by atoms with E-state index in [4.69, 9.17) is 14.2 Å². The van der Waals surface area contributed by atoms with E-state index in [0.717, 1.165) is 23.8 Å². The number of thioether (sulfide) groups is 1. The van der Waals surface area contributed by atoms with E-state index < -0.39 is 0 Å². The lowest BCUT2D eigenvalue weighted by Gasteiger charge is -2.27. The van der Waals surface area contributed by atoms with E-state index in [2.05, 4.69) is 9.89 Å². The van der Waals surface area contributed by atoms with Crippen LogP contribution in [0.25, 0.3) is 6.08 Å². The Morgan fingerprint density at radius 2 is 1.92 bits per heavy atom. The van der Waals surface area contributed by atoms with Crippen molar-refractivity contribution in [1.82, 2.24) is 4.90 Å². The fourth-order valence-electron chi connectivity index (χ4n) is 2.60. The molecule has 0 N–H and O–H groups in total. The lowest BCUT2D eigenvalue weighted by molar-refractivity contribution is -0.113. The van der Waals surface area contributed by atoms with E-state index in [-0.39, 0.29) is 5.91 Å². The zero-order chi connectivity index (χ0) is 17.6. The Morgan fingerprint density at radius 1 is 1.20 bits per heavy atom. The van der Waals surface area contributed by atoms with Crippen molar-refractivity contribution in [2.75, 3.05) is 39.5 Å². The van der Waals surface area contributed by atoms with Gasteiger partial charge in [0.25, 0.3) is 5.91 Å². The standard InChI is InChI=1S/C18H22N2O4S/c1-3-23-14-6-5-13(11-15(14)24-4-2)12-16-17(21)19-18(25-16)20-7-9-22-10-8-20/h5-6,11-12H,3-4,7-10H2,1-2H3/b16-12-. The lowest BCUT2D eigenvalue weighted by Crippen LogP contribution is -2.38. The van der Waals surface area contributed by atoms with E-state index in [9.17, 15) is 4.79 Å². The zero-order valence-electron chi connectivity index (χ0n) is 14.5. The molecule has 1 aromatic rings. The van der Waals surface area contributed by atoms with E-state index in [1.54, 1.807) is 0 Å². The molecule has 0 aliphatic carbocycles. The first-order valence-electron chi connectivity index (χ1n) is 8.46. The Balaban J connectivity index is 1.76. The molecule has 1 amide bonds. The normalized spacial score (nSPS) is 19.3. The summed E-state index contributed by atoms with van der Waals surface area (Å²) in [6.45, 7) is 7.87. The molecule has 0 unspecified atom stereocenters. The van der Waals surface area contributed by atoms with Crippen LogP contribution in [-0.4, -0.2) is 55.5 Å². The van der Waals surface area contributed by atoms with Gasteiger partial charge in [-0.25, -0.2) is 0 Å². The summed E-state index contributed by atoms with van der Waals surface area (Å²) in [4.78, 5) is 19.1. The van der Waals surface area contributed by atoms with Crippen molar-refractivity contribution in [1.29, 1.82) is 0 Å². The summed E-state index contributed by atoms with van der Waals surface area (Å²) in [6, 6.07) is 5.68. The SMILES string of the molecule is CCOc1ccc(/C=C2\SC(N3CCOCC3)=NC2=O)cc1OCC. The Labute approximate surface area is 151 Å². The highest BCUT2D eigenvalue weighted by atomic mass is 32.2. The number of benzene rings is 1. The van der Waals surface area contributed by atoms with Gasteiger partial charge in [0.15, 0.2) is 16.7 Å². The van der Waals surface area contributed by atoms with Gasteiger partial charge in [0.1, 0.15) is 0 Å². The summed E-state index contributed by atoms with van der Waals surface area (Å²) in [5.41, 5.74) is 0.890. The number of ether oxygens (including phenoxy) is 3. The molecule has 7 heteroatoms. The van der Waals surface area contributed by atoms with Crippen molar-refractivity contribution in [2.45, 2.75) is 13.8 Å². The molecule has 1 aromatic carbocycles. The van der Waals surface area contributed by atoms with Crippen LogP contribution in [0.3, 0.4) is 0 Å². The molecule has 0 atom stereocenters. The fourth-order valence-corrected chi connectivity index (χ4v) is 3.56. The van der Waals surface area contributed by atoms with Crippen molar-refractivity contribution in [3.63, 3.8) is 0 Å². The number of aliphatic imine (C=N–C) groups is 1. The second kappa shape index (κ2) is 8.40. The fraction of sp³-hybridized carbons (Fsp3) is 0.444. The second-order valence-electron chi connectivity index (χ2n) is 5.48. The zero-order valence-corrected chi connectivity index (χ0v) is 15.3. The third-order valence-corrected chi connectivity index (χ3v) is 4.80. The van der Waals surface area contributed by atoms with Crippen molar-refractivity contribution < 1.29 is 19.0 Å². The summed E-state index contributed by atoms with van der Waals surface area (Å²) in [5, 5.41) is 0.760. The summed E-state index contributed by atoms with van der Waals surface area (Å²) in [5.74, 6) is 1.20. The van der Waals surface area contributed by atoms with Crippen molar-refractivity contribution in [3.05, 3.63) is 28.7 Å². The third-order valence-electron chi connectivity index (χ3n) is 3.76. The van der Waals surface area contributed by atoms with Crippen LogP contribution in [0.4, 0.5) is 0 Å². The van der Waals surface area contributed by atoms with E-state index in [1.807, 2.05) is 38.1 Å². The molecule has 134 valence electrons. The van der Waals surface area contributed by atoms with E-state index in [1.165, 1.54) is 11.8 Å². The lowest BCUT2D eigenvalue weighted by atomic mass is 10.2. The first kappa shape index (κ1) is 17.8. The van der Waals surface area contributed by atoms with Crippen LogP contribution in [0, 0.1) is 0 Å². The van der Waals surface area contributed by atoms with Crippen LogP contribution in [0.15, 0.2) is 28.1 Å². The first-order valence-corrected chi connectivity index (χ1v) is 9.27. The molecule has 0 radical (unpaired) electrons. The van der Waals surface area contributed by atoms with Gasteiger partial charge >= 0.3 is 0 Å². The average molecular weight is 362 g/mol. The molecule has 25 heavy (non-hydrogen) atoms. The number of carbonyl (C=O) groups excluding carboxylic acids is 1. The predicted molar refractivity (Wildman–Crippen MR) is 99.2 cm³/mol. The minimum atomic E-state index is -0.196. The minimum absolute atomic E-state index is 0.196. The van der Waals surface area contributed by atoms with Gasteiger partial charge in [-0.1, -0.05) is 6.07 Å². The highest BCUT2D eigenvalue weighted by Gasteiger charge is 2.27. The van der Waals surface area contributed by atoms with Gasteiger partial charge < -0.3 is 19.1 Å². The maximum absolute atomic E-state index is 12.2. The highest BCUT2D eigenvalue weighted by Crippen LogP contribution is 2.33. The maximum atomic E-state index is 12.2. The molecule has 6 nitrogen and oxygen atoms in total. The number of hydrogen-bond acceptors (Lipinski definition) is 6. The number of amides is 1. The van der Waals surface area contributed by atoms with E-state index >= 15 is 0 Å². The van der Waals surface area contributed by atoms with Crippen molar-refractivity contribution in [2.24, 2.45) is 4.99 Å². The van der Waals surface area contributed by atoms with Gasteiger partial charge in [0.2, 0.25) is 0 Å². The van der Waals surface area contributed by atoms with Crippen molar-refractivity contribution in [3.8, 4) is 11.5 Å². The molecule has 0 bridgehead atoms. The molecule has 0 saturated carbocycles. The van der Waals surface area contributed by atoms with Crippen LogP contribution in [0.1, 0.15) is 19.4 Å². The first-order chi connectivity index (χ1) is 12.2. The van der Waals surface area contributed by atoms with Crippen LogP contribution >= 0.6 is 11.8 Å². The molecule has 1 saturated heterocycles. The summed E-state index contributed by atoms with van der Waals surface area (Å²) in [7, 11) is 0. The largest absolute Gasteiger partial charge is 0.490 e. The third kappa shape index (κ3) is 4.35. The minimum Gasteiger partial charge on any atom is -0.490 e. The number of nitrogens with zero attached hydrogens (tertiary/aromatic N) is 2. The molecule has 3 rings (SSSR count). The van der Waals surface area contributed by atoms with Gasteiger partial charge in [-0.3, -0.25) is 4.79 Å². The average Bonchev–Trinajstić information content (AvgIpc) is 2.99. The number of carbonyl (C=O) groups is 1. The molecule has 1 fully saturated rings. The van der Waals surface area contributed by atoms with Crippen molar-refractivity contribution >= 4 is 28.9 Å². The maximum Gasteiger partial charge on any atom is 0.286 e. The Kier molecular flexibility index (Phi) is 5.99. The smallest absolute Gasteiger partial charge is 0.286 e. The van der Waals surface area contributed by atoms with E-state index in [0.29, 0.717) is 42.8 Å². The molecular formula is C18H22N2O4S. The molecular weight excluding hydrogens is 340 g/mol. The summed E-state index contributed by atoms with van der Waals surface area (Å²) in [6.07, 6.45) is 1.85. The van der Waals surface area contributed by atoms with Gasteiger partial charge in [0, 0.05) is 13.1 Å². The second-order valence-corrected chi connectivity index (χ2v) is 6.49. The number of amidine groups is 1. The Morgan fingerprint density at radius 3 is 2.64 bits per heavy atom. The van der Waals surface area contributed by atoms with Gasteiger partial charge in [-0.05, 0) is 49.4 Å². The van der Waals surface area contributed by atoms with Gasteiger partial charge in [-0.15, -0.1) is 0 Å². The monoisotopic (exact) mass is 362 g/mol.